The van der Waals surface area contributed by atoms with Crippen molar-refractivity contribution in [2.45, 2.75) is 63.3 Å². The van der Waals surface area contributed by atoms with Gasteiger partial charge in [0.25, 0.3) is 0 Å². The molecule has 0 aromatic carbocycles. The van der Waals surface area contributed by atoms with Crippen molar-refractivity contribution in [1.29, 1.82) is 0 Å². The first-order chi connectivity index (χ1) is 11.2. The number of aliphatic hydroxyl groups excluding tert-OH is 1. The molecule has 3 fully saturated rings. The molecular weight excluding hydrogens is 306 g/mol. The van der Waals surface area contributed by atoms with Crippen molar-refractivity contribution >= 4 is 17.5 Å². The van der Waals surface area contributed by atoms with Gasteiger partial charge in [-0.25, -0.2) is 0 Å². The Hall–Kier alpha value is -0.480. The lowest BCUT2D eigenvalue weighted by atomic mass is 9.75. The molecule has 2 aliphatic carbocycles. The van der Waals surface area contributed by atoms with Crippen LogP contribution in [-0.4, -0.2) is 45.9 Å². The molecule has 128 valence electrons. The molecule has 2 aliphatic heterocycles. The second-order valence-corrected chi connectivity index (χ2v) is 9.12. The zero-order valence-electron chi connectivity index (χ0n) is 14.1. The van der Waals surface area contributed by atoms with Crippen LogP contribution in [0.15, 0.2) is 11.3 Å². The molecule has 2 saturated heterocycles. The molecule has 0 aromatic heterocycles. The van der Waals surface area contributed by atoms with Gasteiger partial charge in [-0.05, 0) is 75.0 Å². The van der Waals surface area contributed by atoms with Crippen molar-refractivity contribution in [2.75, 3.05) is 24.6 Å². The summed E-state index contributed by atoms with van der Waals surface area (Å²) in [5.41, 5.74) is 0.743. The first kappa shape index (κ1) is 16.0. The number of thioether (sulfide) groups is 1. The average Bonchev–Trinajstić information content (AvgIpc) is 3.37. The quantitative estimate of drug-likeness (QED) is 0.848. The summed E-state index contributed by atoms with van der Waals surface area (Å²) < 4.78 is 0. The summed E-state index contributed by atoms with van der Waals surface area (Å²) in [5, 5.41) is 10.8. The Morgan fingerprint density at radius 1 is 1.04 bits per heavy atom. The van der Waals surface area contributed by atoms with Crippen molar-refractivity contribution in [1.82, 2.24) is 4.90 Å². The molecule has 4 rings (SSSR count). The van der Waals surface area contributed by atoms with Gasteiger partial charge >= 0.3 is 0 Å². The number of carbonyl (C=O) groups excluding carboxylic acids is 1. The highest BCUT2D eigenvalue weighted by molar-refractivity contribution is 7.99. The second-order valence-electron chi connectivity index (χ2n) is 7.97. The van der Waals surface area contributed by atoms with Gasteiger partial charge in [-0.2, -0.15) is 11.8 Å². The van der Waals surface area contributed by atoms with Crippen molar-refractivity contribution < 1.29 is 9.90 Å². The van der Waals surface area contributed by atoms with E-state index in [-0.39, 0.29) is 11.3 Å². The summed E-state index contributed by atoms with van der Waals surface area (Å²) in [4.78, 5) is 15.4. The lowest BCUT2D eigenvalue weighted by Gasteiger charge is -2.39. The molecule has 4 heteroatoms. The van der Waals surface area contributed by atoms with Crippen LogP contribution < -0.4 is 0 Å². The number of hydrogen-bond donors (Lipinski definition) is 1. The molecule has 0 radical (unpaired) electrons. The van der Waals surface area contributed by atoms with E-state index in [1.165, 1.54) is 43.6 Å². The molecule has 1 saturated carbocycles. The topological polar surface area (TPSA) is 40.5 Å². The van der Waals surface area contributed by atoms with Gasteiger partial charge in [-0.3, -0.25) is 9.69 Å². The van der Waals surface area contributed by atoms with Crippen molar-refractivity contribution in [2.24, 2.45) is 11.8 Å². The summed E-state index contributed by atoms with van der Waals surface area (Å²) in [6.07, 6.45) is 9.89. The van der Waals surface area contributed by atoms with Crippen LogP contribution in [0.3, 0.4) is 0 Å². The molecule has 4 aliphatic rings. The van der Waals surface area contributed by atoms with E-state index in [0.29, 0.717) is 24.0 Å². The maximum Gasteiger partial charge on any atom is 0.164 e. The summed E-state index contributed by atoms with van der Waals surface area (Å²) in [6.45, 7) is 2.21. The van der Waals surface area contributed by atoms with Gasteiger partial charge in [0.05, 0.1) is 11.1 Å². The minimum Gasteiger partial charge on any atom is -0.512 e. The SMILES string of the molecule is O=C1CC(C2CCCSC2)CC(O)=C1C1(N2CCCCC2)CC1. The maximum atomic E-state index is 12.9. The van der Waals surface area contributed by atoms with Gasteiger partial charge in [0.15, 0.2) is 5.78 Å². The largest absolute Gasteiger partial charge is 0.512 e. The minimum absolute atomic E-state index is 0.0755. The van der Waals surface area contributed by atoms with Gasteiger partial charge in [-0.1, -0.05) is 6.42 Å². The van der Waals surface area contributed by atoms with Crippen LogP contribution in [0.25, 0.3) is 0 Å². The number of aliphatic hydroxyl groups is 1. The van der Waals surface area contributed by atoms with Crippen molar-refractivity contribution in [3.05, 3.63) is 11.3 Å². The highest BCUT2D eigenvalue weighted by atomic mass is 32.2. The Morgan fingerprint density at radius 2 is 1.83 bits per heavy atom. The Morgan fingerprint density at radius 3 is 2.43 bits per heavy atom. The van der Waals surface area contributed by atoms with Gasteiger partial charge in [0, 0.05) is 12.8 Å². The van der Waals surface area contributed by atoms with Crippen LogP contribution in [0, 0.1) is 11.8 Å². The van der Waals surface area contributed by atoms with Crippen LogP contribution >= 0.6 is 11.8 Å². The first-order valence-electron chi connectivity index (χ1n) is 9.49. The summed E-state index contributed by atoms with van der Waals surface area (Å²) in [5.74, 6) is 4.17. The van der Waals surface area contributed by atoms with Crippen molar-refractivity contribution in [3.63, 3.8) is 0 Å². The standard InChI is InChI=1S/C19H29NO2S/c21-16-11-15(14-5-4-10-23-13-14)12-17(22)18(16)19(6-7-19)20-8-2-1-3-9-20/h14-15,21H,1-13H2. The zero-order chi connectivity index (χ0) is 15.9. The van der Waals surface area contributed by atoms with Crippen LogP contribution in [0.4, 0.5) is 0 Å². The number of carbonyl (C=O) groups is 1. The van der Waals surface area contributed by atoms with E-state index >= 15 is 0 Å². The summed E-state index contributed by atoms with van der Waals surface area (Å²) >= 11 is 2.02. The first-order valence-corrected chi connectivity index (χ1v) is 10.6. The van der Waals surface area contributed by atoms with E-state index in [1.54, 1.807) is 0 Å². The Kier molecular flexibility index (Phi) is 4.48. The molecule has 23 heavy (non-hydrogen) atoms. The van der Waals surface area contributed by atoms with Crippen LogP contribution in [0.2, 0.25) is 0 Å². The number of piperidine rings is 1. The monoisotopic (exact) mass is 335 g/mol. The predicted molar refractivity (Wildman–Crippen MR) is 94.8 cm³/mol. The zero-order valence-corrected chi connectivity index (χ0v) is 14.9. The normalized spacial score (nSPS) is 35.4. The van der Waals surface area contributed by atoms with E-state index < -0.39 is 0 Å². The number of allylic oxidation sites excluding steroid dienone is 1. The fourth-order valence-electron chi connectivity index (χ4n) is 5.09. The molecule has 3 nitrogen and oxygen atoms in total. The molecule has 2 unspecified atom stereocenters. The lowest BCUT2D eigenvalue weighted by Crippen LogP contribution is -2.46. The van der Waals surface area contributed by atoms with E-state index in [9.17, 15) is 9.90 Å². The molecule has 0 aromatic rings. The number of nitrogens with zero attached hydrogens (tertiary/aromatic N) is 1. The number of Topliss-reactive ketones (excluding diaryl/α,β-unsaturated/α-hetero) is 1. The molecule has 1 N–H and O–H groups in total. The third-order valence-corrected chi connectivity index (χ3v) is 7.72. The number of likely N-dealkylation sites (tertiary alicyclic amines) is 1. The highest BCUT2D eigenvalue weighted by Gasteiger charge is 2.55. The fourth-order valence-corrected chi connectivity index (χ4v) is 6.37. The summed E-state index contributed by atoms with van der Waals surface area (Å²) in [6, 6.07) is 0. The van der Waals surface area contributed by atoms with Crippen LogP contribution in [0.1, 0.15) is 57.8 Å². The maximum absolute atomic E-state index is 12.9. The third kappa shape index (κ3) is 2.97. The molecule has 2 heterocycles. The van der Waals surface area contributed by atoms with Gasteiger partial charge in [0.1, 0.15) is 5.76 Å². The van der Waals surface area contributed by atoms with Crippen LogP contribution in [-0.2, 0) is 4.79 Å². The minimum atomic E-state index is -0.0755. The molecular formula is C19H29NO2S. The Balaban J connectivity index is 1.53. The van der Waals surface area contributed by atoms with E-state index in [2.05, 4.69) is 4.90 Å². The number of rotatable bonds is 3. The third-order valence-electron chi connectivity index (χ3n) is 6.48. The van der Waals surface area contributed by atoms with Gasteiger partial charge in [-0.15, -0.1) is 0 Å². The number of hydrogen-bond acceptors (Lipinski definition) is 4. The smallest absolute Gasteiger partial charge is 0.164 e. The molecule has 0 amide bonds. The molecule has 0 bridgehead atoms. The molecule has 2 atom stereocenters. The van der Waals surface area contributed by atoms with E-state index in [4.69, 9.17) is 0 Å². The second kappa shape index (κ2) is 6.44. The summed E-state index contributed by atoms with van der Waals surface area (Å²) in [7, 11) is 0. The fraction of sp³-hybridized carbons (Fsp3) is 0.842. The van der Waals surface area contributed by atoms with Crippen molar-refractivity contribution in [3.8, 4) is 0 Å². The lowest BCUT2D eigenvalue weighted by molar-refractivity contribution is -0.118. The number of ketones is 1. The Bertz CT molecular complexity index is 499. The highest BCUT2D eigenvalue weighted by Crippen LogP contribution is 2.52. The van der Waals surface area contributed by atoms with E-state index in [0.717, 1.165) is 37.9 Å². The predicted octanol–water partition coefficient (Wildman–Crippen LogP) is 3.94. The Labute approximate surface area is 143 Å². The van der Waals surface area contributed by atoms with E-state index in [1.807, 2.05) is 11.8 Å². The molecule has 0 spiro atoms. The van der Waals surface area contributed by atoms with Gasteiger partial charge < -0.3 is 5.11 Å². The average molecular weight is 336 g/mol. The van der Waals surface area contributed by atoms with Crippen LogP contribution in [0.5, 0.6) is 0 Å². The van der Waals surface area contributed by atoms with Gasteiger partial charge in [0.2, 0.25) is 0 Å².